The van der Waals surface area contributed by atoms with Crippen molar-refractivity contribution in [3.05, 3.63) is 30.3 Å². The summed E-state index contributed by atoms with van der Waals surface area (Å²) in [5.74, 6) is -0.0463. The van der Waals surface area contributed by atoms with Crippen LogP contribution in [0.15, 0.2) is 30.3 Å². The first kappa shape index (κ1) is 19.3. The first-order valence-electron chi connectivity index (χ1n) is 7.74. The predicted molar refractivity (Wildman–Crippen MR) is 93.7 cm³/mol. The molecule has 3 amide bonds. The zero-order valence-corrected chi connectivity index (χ0v) is 14.1. The van der Waals surface area contributed by atoms with E-state index < -0.39 is 6.04 Å². The highest BCUT2D eigenvalue weighted by Gasteiger charge is 2.28. The molecule has 1 saturated heterocycles. The Balaban J connectivity index is 0.00000264. The summed E-state index contributed by atoms with van der Waals surface area (Å²) < 4.78 is 0. The lowest BCUT2D eigenvalue weighted by Gasteiger charge is -2.36. The molecular formula is C16H25ClN4O2. The normalized spacial score (nSPS) is 18.5. The van der Waals surface area contributed by atoms with Crippen LogP contribution in [-0.2, 0) is 4.79 Å². The number of piperidine rings is 1. The number of anilines is 1. The highest BCUT2D eigenvalue weighted by Crippen LogP contribution is 2.17. The summed E-state index contributed by atoms with van der Waals surface area (Å²) in [5, 5.41) is 5.61. The fourth-order valence-corrected chi connectivity index (χ4v) is 2.67. The van der Waals surface area contributed by atoms with Gasteiger partial charge in [0.25, 0.3) is 0 Å². The minimum absolute atomic E-state index is 0. The summed E-state index contributed by atoms with van der Waals surface area (Å²) >= 11 is 0. The number of hydrogen-bond donors (Lipinski definition) is 3. The number of rotatable bonds is 4. The fourth-order valence-electron chi connectivity index (χ4n) is 2.67. The van der Waals surface area contributed by atoms with E-state index >= 15 is 0 Å². The number of carbonyl (C=O) groups excluding carboxylic acids is 2. The summed E-state index contributed by atoms with van der Waals surface area (Å²) in [4.78, 5) is 25.8. The van der Waals surface area contributed by atoms with Crippen LogP contribution < -0.4 is 16.4 Å². The average molecular weight is 341 g/mol. The summed E-state index contributed by atoms with van der Waals surface area (Å²) in [7, 11) is 0. The molecule has 0 aliphatic carbocycles. The number of para-hydroxylation sites is 1. The van der Waals surface area contributed by atoms with Crippen molar-refractivity contribution in [2.45, 2.75) is 38.3 Å². The molecule has 0 spiro atoms. The van der Waals surface area contributed by atoms with Crippen LogP contribution in [0.4, 0.5) is 10.5 Å². The van der Waals surface area contributed by atoms with Crippen molar-refractivity contribution in [2.24, 2.45) is 5.73 Å². The van der Waals surface area contributed by atoms with Crippen LogP contribution in [0.2, 0.25) is 0 Å². The van der Waals surface area contributed by atoms with Gasteiger partial charge in [-0.3, -0.25) is 4.79 Å². The molecule has 0 saturated carbocycles. The maximum atomic E-state index is 12.1. The van der Waals surface area contributed by atoms with Crippen molar-refractivity contribution in [3.8, 4) is 0 Å². The number of carbonyl (C=O) groups is 2. The number of nitrogens with two attached hydrogens (primary N) is 1. The van der Waals surface area contributed by atoms with Gasteiger partial charge in [-0.25, -0.2) is 4.79 Å². The molecule has 23 heavy (non-hydrogen) atoms. The smallest absolute Gasteiger partial charge is 0.319 e. The summed E-state index contributed by atoms with van der Waals surface area (Å²) in [6.45, 7) is 2.85. The minimum atomic E-state index is -0.501. The number of urea groups is 1. The van der Waals surface area contributed by atoms with Gasteiger partial charge in [0.05, 0.1) is 6.04 Å². The predicted octanol–water partition coefficient (Wildman–Crippen LogP) is 1.96. The number of halogens is 1. The maximum absolute atomic E-state index is 12.1. The number of likely N-dealkylation sites (tertiary alicyclic amines) is 1. The van der Waals surface area contributed by atoms with Gasteiger partial charge in [0.15, 0.2) is 0 Å². The van der Waals surface area contributed by atoms with Crippen molar-refractivity contribution >= 4 is 30.0 Å². The molecule has 1 unspecified atom stereocenters. The van der Waals surface area contributed by atoms with Crippen molar-refractivity contribution in [3.63, 3.8) is 0 Å². The van der Waals surface area contributed by atoms with E-state index in [0.29, 0.717) is 13.1 Å². The fraction of sp³-hybridized carbons (Fsp3) is 0.500. The van der Waals surface area contributed by atoms with Gasteiger partial charge in [0, 0.05) is 24.8 Å². The second-order valence-electron chi connectivity index (χ2n) is 5.67. The van der Waals surface area contributed by atoms with Crippen molar-refractivity contribution in [1.82, 2.24) is 10.2 Å². The van der Waals surface area contributed by atoms with Gasteiger partial charge in [-0.15, -0.1) is 12.4 Å². The van der Waals surface area contributed by atoms with E-state index in [1.807, 2.05) is 30.3 Å². The molecule has 1 aliphatic heterocycles. The SMILES string of the molecule is C[C@H](N)C(=O)N1CCCCC1CNC(=O)Nc1ccccc1.Cl. The lowest BCUT2D eigenvalue weighted by molar-refractivity contribution is -0.135. The first-order valence-corrected chi connectivity index (χ1v) is 7.74. The lowest BCUT2D eigenvalue weighted by Crippen LogP contribution is -2.53. The molecule has 1 heterocycles. The molecule has 128 valence electrons. The standard InChI is InChI=1S/C16H24N4O2.ClH/c1-12(17)15(21)20-10-6-5-9-14(20)11-18-16(22)19-13-7-3-2-4-8-13;/h2-4,7-8,12,14H,5-6,9-11,17H2,1H3,(H2,18,19,22);1H/t12-,14?;/m0./s1. The van der Waals surface area contributed by atoms with Crippen molar-refractivity contribution < 1.29 is 9.59 Å². The lowest BCUT2D eigenvalue weighted by atomic mass is 10.0. The Morgan fingerprint density at radius 1 is 1.30 bits per heavy atom. The highest BCUT2D eigenvalue weighted by molar-refractivity contribution is 5.89. The van der Waals surface area contributed by atoms with Crippen LogP contribution in [0, 0.1) is 0 Å². The number of nitrogens with zero attached hydrogens (tertiary/aromatic N) is 1. The second kappa shape index (κ2) is 9.37. The molecule has 1 aliphatic rings. The Hall–Kier alpha value is -1.79. The molecule has 2 rings (SSSR count). The van der Waals surface area contributed by atoms with Crippen LogP contribution in [0.5, 0.6) is 0 Å². The minimum Gasteiger partial charge on any atom is -0.337 e. The third-order valence-electron chi connectivity index (χ3n) is 3.83. The molecule has 6 nitrogen and oxygen atoms in total. The Kier molecular flexibility index (Phi) is 7.85. The molecule has 1 aromatic rings. The third-order valence-corrected chi connectivity index (χ3v) is 3.83. The van der Waals surface area contributed by atoms with Gasteiger partial charge >= 0.3 is 6.03 Å². The Labute approximate surface area is 143 Å². The van der Waals surface area contributed by atoms with Gasteiger partial charge in [-0.1, -0.05) is 18.2 Å². The summed E-state index contributed by atoms with van der Waals surface area (Å²) in [6, 6.07) is 8.53. The topological polar surface area (TPSA) is 87.5 Å². The van der Waals surface area contributed by atoms with Crippen molar-refractivity contribution in [2.75, 3.05) is 18.4 Å². The Bertz CT molecular complexity index is 510. The zero-order chi connectivity index (χ0) is 15.9. The van der Waals surface area contributed by atoms with E-state index in [0.717, 1.165) is 24.9 Å². The van der Waals surface area contributed by atoms with Gasteiger partial charge in [-0.05, 0) is 38.3 Å². The zero-order valence-electron chi connectivity index (χ0n) is 13.3. The second-order valence-corrected chi connectivity index (χ2v) is 5.67. The van der Waals surface area contributed by atoms with Crippen molar-refractivity contribution in [1.29, 1.82) is 0 Å². The first-order chi connectivity index (χ1) is 10.6. The van der Waals surface area contributed by atoms with E-state index in [4.69, 9.17) is 5.73 Å². The number of nitrogens with one attached hydrogen (secondary N) is 2. The Morgan fingerprint density at radius 2 is 2.00 bits per heavy atom. The largest absolute Gasteiger partial charge is 0.337 e. The van der Waals surface area contributed by atoms with Crippen LogP contribution in [0.25, 0.3) is 0 Å². The Morgan fingerprint density at radius 3 is 2.65 bits per heavy atom. The number of hydrogen-bond acceptors (Lipinski definition) is 3. The molecule has 0 radical (unpaired) electrons. The third kappa shape index (κ3) is 5.73. The molecule has 2 atom stereocenters. The van der Waals surface area contributed by atoms with E-state index in [1.54, 1.807) is 11.8 Å². The molecular weight excluding hydrogens is 316 g/mol. The molecule has 0 aromatic heterocycles. The van der Waals surface area contributed by atoms with E-state index in [1.165, 1.54) is 0 Å². The number of amides is 3. The van der Waals surface area contributed by atoms with Gasteiger partial charge in [0.1, 0.15) is 0 Å². The average Bonchev–Trinajstić information content (AvgIpc) is 2.53. The van der Waals surface area contributed by atoms with Gasteiger partial charge in [-0.2, -0.15) is 0 Å². The van der Waals surface area contributed by atoms with Gasteiger partial charge < -0.3 is 21.3 Å². The van der Waals surface area contributed by atoms with Crippen LogP contribution in [-0.4, -0.2) is 42.0 Å². The monoisotopic (exact) mass is 340 g/mol. The van der Waals surface area contributed by atoms with Crippen LogP contribution in [0.3, 0.4) is 0 Å². The molecule has 4 N–H and O–H groups in total. The van der Waals surface area contributed by atoms with E-state index in [2.05, 4.69) is 10.6 Å². The maximum Gasteiger partial charge on any atom is 0.319 e. The van der Waals surface area contributed by atoms with E-state index in [9.17, 15) is 9.59 Å². The number of benzene rings is 1. The summed E-state index contributed by atoms with van der Waals surface area (Å²) in [6.07, 6.45) is 2.95. The molecule has 0 bridgehead atoms. The van der Waals surface area contributed by atoms with E-state index in [-0.39, 0.29) is 30.4 Å². The quantitative estimate of drug-likeness (QED) is 0.783. The summed E-state index contributed by atoms with van der Waals surface area (Å²) in [5.41, 5.74) is 6.44. The van der Waals surface area contributed by atoms with Crippen LogP contribution >= 0.6 is 12.4 Å². The highest BCUT2D eigenvalue weighted by atomic mass is 35.5. The van der Waals surface area contributed by atoms with Crippen LogP contribution in [0.1, 0.15) is 26.2 Å². The molecule has 1 aromatic carbocycles. The van der Waals surface area contributed by atoms with Gasteiger partial charge in [0.2, 0.25) is 5.91 Å². The molecule has 1 fully saturated rings. The molecule has 7 heteroatoms.